The molecule has 0 bridgehead atoms. The average molecular weight is 361 g/mol. The average Bonchev–Trinajstić information content (AvgIpc) is 2.58. The van der Waals surface area contributed by atoms with Crippen molar-refractivity contribution >= 4 is 40.8 Å². The van der Waals surface area contributed by atoms with Gasteiger partial charge in [0.05, 0.1) is 12.2 Å². The van der Waals surface area contributed by atoms with Crippen molar-refractivity contribution in [3.8, 4) is 0 Å². The minimum atomic E-state index is -0.821. The molecule has 130 valence electrons. The van der Waals surface area contributed by atoms with E-state index >= 15 is 0 Å². The van der Waals surface area contributed by atoms with E-state index in [9.17, 15) is 14.4 Å². The summed E-state index contributed by atoms with van der Waals surface area (Å²) in [5, 5.41) is 5.53. The van der Waals surface area contributed by atoms with Crippen LogP contribution in [0.4, 0.5) is 11.4 Å². The molecule has 0 heterocycles. The third-order valence-electron chi connectivity index (χ3n) is 3.30. The van der Waals surface area contributed by atoms with Gasteiger partial charge >= 0.3 is 17.8 Å². The van der Waals surface area contributed by atoms with Crippen molar-refractivity contribution in [1.29, 1.82) is 0 Å². The monoisotopic (exact) mass is 360 g/mol. The highest BCUT2D eigenvalue weighted by Gasteiger charge is 2.15. The number of halogens is 1. The normalized spacial score (nSPS) is 10.0. The molecule has 2 amide bonds. The van der Waals surface area contributed by atoms with Crippen LogP contribution in [-0.2, 0) is 14.3 Å². The number of ether oxygens (including phenoxy) is 1. The highest BCUT2D eigenvalue weighted by Crippen LogP contribution is 2.19. The van der Waals surface area contributed by atoms with Crippen LogP contribution in [0.3, 0.4) is 0 Å². The molecule has 0 spiro atoms. The Hall–Kier alpha value is -2.86. The van der Waals surface area contributed by atoms with Gasteiger partial charge in [0.25, 0.3) is 0 Å². The molecule has 2 aromatic carbocycles. The Morgan fingerprint density at radius 1 is 1.00 bits per heavy atom. The molecule has 0 saturated heterocycles. The Balaban J connectivity index is 1.99. The molecule has 7 heteroatoms. The molecule has 2 N–H and O–H groups in total. The summed E-state index contributed by atoms with van der Waals surface area (Å²) in [5.74, 6) is -2.07. The lowest BCUT2D eigenvalue weighted by Gasteiger charge is -2.09. The molecule has 2 rings (SSSR count). The second-order valence-corrected chi connectivity index (χ2v) is 5.60. The van der Waals surface area contributed by atoms with Gasteiger partial charge in [0.1, 0.15) is 0 Å². The Bertz CT molecular complexity index is 803. The van der Waals surface area contributed by atoms with Gasteiger partial charge in [-0.05, 0) is 61.9 Å². The largest absolute Gasteiger partial charge is 0.462 e. The lowest BCUT2D eigenvalue weighted by atomic mass is 10.2. The van der Waals surface area contributed by atoms with E-state index < -0.39 is 17.8 Å². The van der Waals surface area contributed by atoms with E-state index in [1.165, 1.54) is 24.3 Å². The Labute approximate surface area is 150 Å². The SMILES string of the molecule is CCOC(=O)c1ccc(NC(=O)C(=O)Nc2ccc(Cl)cc2C)cc1. The molecule has 2 aromatic rings. The zero-order valence-corrected chi connectivity index (χ0v) is 14.5. The standard InChI is InChI=1S/C18H17ClN2O4/c1-3-25-18(24)12-4-7-14(8-5-12)20-16(22)17(23)21-15-9-6-13(19)10-11(15)2/h4-10H,3H2,1-2H3,(H,20,22)(H,21,23). The van der Waals surface area contributed by atoms with Crippen molar-refractivity contribution in [2.45, 2.75) is 13.8 Å². The van der Waals surface area contributed by atoms with Crippen LogP contribution in [0.1, 0.15) is 22.8 Å². The molecule has 0 fully saturated rings. The summed E-state index contributed by atoms with van der Waals surface area (Å²) >= 11 is 5.85. The van der Waals surface area contributed by atoms with Crippen LogP contribution in [0.5, 0.6) is 0 Å². The molecule has 0 radical (unpaired) electrons. The third kappa shape index (κ3) is 5.06. The highest BCUT2D eigenvalue weighted by atomic mass is 35.5. The van der Waals surface area contributed by atoms with Crippen molar-refractivity contribution in [3.63, 3.8) is 0 Å². The molecular weight excluding hydrogens is 344 g/mol. The van der Waals surface area contributed by atoms with E-state index in [4.69, 9.17) is 16.3 Å². The maximum Gasteiger partial charge on any atom is 0.338 e. The number of aryl methyl sites for hydroxylation is 1. The maximum absolute atomic E-state index is 12.0. The van der Waals surface area contributed by atoms with E-state index in [1.807, 2.05) is 0 Å². The predicted molar refractivity (Wildman–Crippen MR) is 95.8 cm³/mol. The minimum Gasteiger partial charge on any atom is -0.462 e. The van der Waals surface area contributed by atoms with Crippen LogP contribution in [0.15, 0.2) is 42.5 Å². The van der Waals surface area contributed by atoms with E-state index in [1.54, 1.807) is 32.0 Å². The zero-order valence-electron chi connectivity index (χ0n) is 13.8. The number of hydrogen-bond donors (Lipinski definition) is 2. The maximum atomic E-state index is 12.0. The summed E-state index contributed by atoms with van der Waals surface area (Å²) in [6.45, 7) is 3.77. The van der Waals surface area contributed by atoms with Crippen molar-refractivity contribution in [2.75, 3.05) is 17.2 Å². The van der Waals surface area contributed by atoms with Crippen LogP contribution >= 0.6 is 11.6 Å². The first-order valence-electron chi connectivity index (χ1n) is 7.56. The van der Waals surface area contributed by atoms with E-state index in [0.717, 1.165) is 5.56 Å². The van der Waals surface area contributed by atoms with Crippen LogP contribution in [0.25, 0.3) is 0 Å². The van der Waals surface area contributed by atoms with Crippen LogP contribution in [-0.4, -0.2) is 24.4 Å². The summed E-state index contributed by atoms with van der Waals surface area (Å²) in [6, 6.07) is 11.0. The number of carbonyl (C=O) groups is 3. The molecular formula is C18H17ClN2O4. The Morgan fingerprint density at radius 3 is 2.24 bits per heavy atom. The van der Waals surface area contributed by atoms with Gasteiger partial charge in [0.15, 0.2) is 0 Å². The lowest BCUT2D eigenvalue weighted by Crippen LogP contribution is -2.29. The first-order chi connectivity index (χ1) is 11.9. The van der Waals surface area contributed by atoms with Crippen molar-refractivity contribution in [1.82, 2.24) is 0 Å². The van der Waals surface area contributed by atoms with Crippen molar-refractivity contribution < 1.29 is 19.1 Å². The van der Waals surface area contributed by atoms with E-state index in [2.05, 4.69) is 10.6 Å². The van der Waals surface area contributed by atoms with Gasteiger partial charge in [-0.1, -0.05) is 11.6 Å². The zero-order chi connectivity index (χ0) is 18.4. The fourth-order valence-corrected chi connectivity index (χ4v) is 2.27. The van der Waals surface area contributed by atoms with Gasteiger partial charge in [0.2, 0.25) is 0 Å². The van der Waals surface area contributed by atoms with Gasteiger partial charge in [-0.3, -0.25) is 9.59 Å². The summed E-state index contributed by atoms with van der Waals surface area (Å²) in [4.78, 5) is 35.5. The number of carbonyl (C=O) groups excluding carboxylic acids is 3. The fraction of sp³-hybridized carbons (Fsp3) is 0.167. The lowest BCUT2D eigenvalue weighted by molar-refractivity contribution is -0.133. The molecule has 25 heavy (non-hydrogen) atoms. The summed E-state index contributed by atoms with van der Waals surface area (Å²) in [6.07, 6.45) is 0. The number of rotatable bonds is 4. The van der Waals surface area contributed by atoms with Crippen molar-refractivity contribution in [3.05, 3.63) is 58.6 Å². The molecule has 0 aliphatic rings. The van der Waals surface area contributed by atoms with Crippen molar-refractivity contribution in [2.24, 2.45) is 0 Å². The topological polar surface area (TPSA) is 84.5 Å². The van der Waals surface area contributed by atoms with Gasteiger partial charge in [0, 0.05) is 16.4 Å². The van der Waals surface area contributed by atoms with E-state index in [-0.39, 0.29) is 6.61 Å². The number of amides is 2. The highest BCUT2D eigenvalue weighted by molar-refractivity contribution is 6.43. The molecule has 0 saturated carbocycles. The molecule has 0 aliphatic heterocycles. The van der Waals surface area contributed by atoms with Crippen LogP contribution in [0.2, 0.25) is 5.02 Å². The van der Waals surface area contributed by atoms with E-state index in [0.29, 0.717) is 22.0 Å². The Morgan fingerprint density at radius 2 is 1.64 bits per heavy atom. The fourth-order valence-electron chi connectivity index (χ4n) is 2.04. The molecule has 0 unspecified atom stereocenters. The second kappa shape index (κ2) is 8.30. The number of benzene rings is 2. The number of hydrogen-bond acceptors (Lipinski definition) is 4. The number of esters is 1. The van der Waals surface area contributed by atoms with Crippen LogP contribution < -0.4 is 10.6 Å². The van der Waals surface area contributed by atoms with Gasteiger partial charge in [-0.2, -0.15) is 0 Å². The van der Waals surface area contributed by atoms with Gasteiger partial charge < -0.3 is 15.4 Å². The molecule has 0 aromatic heterocycles. The molecule has 0 aliphatic carbocycles. The summed E-state index contributed by atoms with van der Waals surface area (Å²) in [7, 11) is 0. The predicted octanol–water partition coefficient (Wildman–Crippen LogP) is 3.40. The second-order valence-electron chi connectivity index (χ2n) is 5.17. The molecule has 0 atom stereocenters. The summed E-state index contributed by atoms with van der Waals surface area (Å²) < 4.78 is 4.87. The van der Waals surface area contributed by atoms with Crippen LogP contribution in [0, 0.1) is 6.92 Å². The third-order valence-corrected chi connectivity index (χ3v) is 3.53. The first-order valence-corrected chi connectivity index (χ1v) is 7.94. The molecule has 6 nitrogen and oxygen atoms in total. The number of nitrogens with one attached hydrogen (secondary N) is 2. The quantitative estimate of drug-likeness (QED) is 0.646. The smallest absolute Gasteiger partial charge is 0.338 e. The Kier molecular flexibility index (Phi) is 6.14. The summed E-state index contributed by atoms with van der Waals surface area (Å²) in [5.41, 5.74) is 2.00. The van der Waals surface area contributed by atoms with Gasteiger partial charge in [-0.15, -0.1) is 0 Å². The van der Waals surface area contributed by atoms with Gasteiger partial charge in [-0.25, -0.2) is 4.79 Å². The first kappa shape index (κ1) is 18.5. The number of anilines is 2. The minimum absolute atomic E-state index is 0.279.